The van der Waals surface area contributed by atoms with Gasteiger partial charge in [0.1, 0.15) is 0 Å². The van der Waals surface area contributed by atoms with E-state index in [0.29, 0.717) is 29.2 Å². The minimum absolute atomic E-state index is 0.393. The van der Waals surface area contributed by atoms with Gasteiger partial charge in [-0.15, -0.1) is 0 Å². The molecule has 0 spiro atoms. The number of aryl methyl sites for hydroxylation is 1. The zero-order valence-corrected chi connectivity index (χ0v) is 14.1. The summed E-state index contributed by atoms with van der Waals surface area (Å²) in [5.74, 6) is 0. The summed E-state index contributed by atoms with van der Waals surface area (Å²) >= 11 is 0. The Labute approximate surface area is 127 Å². The van der Waals surface area contributed by atoms with Crippen molar-refractivity contribution in [2.24, 2.45) is 0 Å². The molecule has 1 heterocycles. The van der Waals surface area contributed by atoms with Crippen molar-refractivity contribution in [1.82, 2.24) is 9.21 Å². The number of hydrogen-bond donors (Lipinski definition) is 1. The van der Waals surface area contributed by atoms with Crippen LogP contribution in [0, 0.1) is 20.8 Å². The van der Waals surface area contributed by atoms with Crippen LogP contribution in [-0.2, 0) is 10.0 Å². The molecule has 21 heavy (non-hydrogen) atoms. The molecule has 2 N–H and O–H groups in total. The fourth-order valence-corrected chi connectivity index (χ4v) is 4.82. The summed E-state index contributed by atoms with van der Waals surface area (Å²) in [5.41, 5.74) is 8.91. The molecule has 1 aromatic rings. The van der Waals surface area contributed by atoms with Crippen molar-refractivity contribution in [1.29, 1.82) is 0 Å². The van der Waals surface area contributed by atoms with Gasteiger partial charge in [-0.05, 0) is 63.5 Å². The standard InChI is InChI=1S/C15H25N3O2S/c1-11-10-14(16)13(3)15(12(11)2)21(19,20)18-7-5-6-17(4)8-9-18/h10H,5-9,16H2,1-4H3. The summed E-state index contributed by atoms with van der Waals surface area (Å²) in [4.78, 5) is 2.56. The highest BCUT2D eigenvalue weighted by Crippen LogP contribution is 2.30. The van der Waals surface area contributed by atoms with E-state index in [-0.39, 0.29) is 0 Å². The number of likely N-dealkylation sites (N-methyl/N-ethyl adjacent to an activating group) is 1. The predicted octanol–water partition coefficient (Wildman–Crippen LogP) is 1.52. The van der Waals surface area contributed by atoms with E-state index >= 15 is 0 Å². The van der Waals surface area contributed by atoms with Crippen LogP contribution < -0.4 is 5.73 Å². The van der Waals surface area contributed by atoms with Crippen LogP contribution >= 0.6 is 0 Å². The number of hydrogen-bond acceptors (Lipinski definition) is 4. The number of nitrogens with zero attached hydrogens (tertiary/aromatic N) is 2. The lowest BCUT2D eigenvalue weighted by Gasteiger charge is -2.24. The number of sulfonamides is 1. The number of nitrogens with two attached hydrogens (primary N) is 1. The summed E-state index contributed by atoms with van der Waals surface area (Å²) in [6, 6.07) is 1.85. The van der Waals surface area contributed by atoms with Crippen LogP contribution in [0.4, 0.5) is 5.69 Å². The van der Waals surface area contributed by atoms with Crippen LogP contribution in [0.3, 0.4) is 0 Å². The summed E-state index contributed by atoms with van der Waals surface area (Å²) in [6.07, 6.45) is 0.856. The molecule has 1 fully saturated rings. The Bertz CT molecular complexity index is 615. The molecule has 0 amide bonds. The van der Waals surface area contributed by atoms with Crippen LogP contribution in [0.15, 0.2) is 11.0 Å². The molecule has 0 unspecified atom stereocenters. The van der Waals surface area contributed by atoms with Gasteiger partial charge in [0.2, 0.25) is 10.0 Å². The third-order valence-corrected chi connectivity index (χ3v) is 6.53. The minimum Gasteiger partial charge on any atom is -0.398 e. The Balaban J connectivity index is 2.49. The highest BCUT2D eigenvalue weighted by atomic mass is 32.2. The van der Waals surface area contributed by atoms with E-state index in [1.807, 2.05) is 27.0 Å². The van der Waals surface area contributed by atoms with Gasteiger partial charge in [0, 0.05) is 25.3 Å². The average molecular weight is 311 g/mol. The Kier molecular flexibility index (Phi) is 4.60. The highest BCUT2D eigenvalue weighted by Gasteiger charge is 2.30. The SMILES string of the molecule is Cc1cc(N)c(C)c(S(=O)(=O)N2CCCN(C)CC2)c1C. The molecule has 1 saturated heterocycles. The second-order valence-electron chi connectivity index (χ2n) is 5.92. The minimum atomic E-state index is -3.49. The van der Waals surface area contributed by atoms with E-state index in [4.69, 9.17) is 5.73 Å². The van der Waals surface area contributed by atoms with Gasteiger partial charge >= 0.3 is 0 Å². The number of rotatable bonds is 2. The topological polar surface area (TPSA) is 66.6 Å². The van der Waals surface area contributed by atoms with E-state index in [2.05, 4.69) is 4.90 Å². The van der Waals surface area contributed by atoms with Gasteiger partial charge in [-0.3, -0.25) is 0 Å². The molecule has 1 aliphatic heterocycles. The Morgan fingerprint density at radius 1 is 1.05 bits per heavy atom. The average Bonchev–Trinajstić information content (AvgIpc) is 2.62. The molecule has 0 bridgehead atoms. The molecule has 0 atom stereocenters. The van der Waals surface area contributed by atoms with Crippen molar-refractivity contribution in [3.63, 3.8) is 0 Å². The molecule has 6 heteroatoms. The Hall–Kier alpha value is -1.11. The Morgan fingerprint density at radius 2 is 1.71 bits per heavy atom. The summed E-state index contributed by atoms with van der Waals surface area (Å²) in [5, 5.41) is 0. The maximum atomic E-state index is 13.0. The first-order valence-electron chi connectivity index (χ1n) is 7.30. The molecule has 1 aromatic carbocycles. The molecular formula is C15H25N3O2S. The van der Waals surface area contributed by atoms with E-state index in [1.54, 1.807) is 11.2 Å². The second kappa shape index (κ2) is 5.94. The van der Waals surface area contributed by atoms with Gasteiger partial charge < -0.3 is 10.6 Å². The van der Waals surface area contributed by atoms with Crippen molar-refractivity contribution >= 4 is 15.7 Å². The molecule has 5 nitrogen and oxygen atoms in total. The first kappa shape index (κ1) is 16.3. The van der Waals surface area contributed by atoms with Gasteiger partial charge in [0.15, 0.2) is 0 Å². The van der Waals surface area contributed by atoms with Crippen LogP contribution in [0.5, 0.6) is 0 Å². The van der Waals surface area contributed by atoms with Crippen molar-refractivity contribution in [3.05, 3.63) is 22.8 Å². The maximum Gasteiger partial charge on any atom is 0.243 e. The lowest BCUT2D eigenvalue weighted by Crippen LogP contribution is -2.35. The van der Waals surface area contributed by atoms with Crippen LogP contribution in [-0.4, -0.2) is 50.8 Å². The molecule has 0 saturated carbocycles. The van der Waals surface area contributed by atoms with Crippen molar-refractivity contribution < 1.29 is 8.42 Å². The first-order chi connectivity index (χ1) is 9.75. The van der Waals surface area contributed by atoms with Gasteiger partial charge in [-0.2, -0.15) is 4.31 Å². The van der Waals surface area contributed by atoms with Crippen LogP contribution in [0.2, 0.25) is 0 Å². The largest absolute Gasteiger partial charge is 0.398 e. The number of anilines is 1. The maximum absolute atomic E-state index is 13.0. The van der Waals surface area contributed by atoms with Gasteiger partial charge in [0.25, 0.3) is 0 Å². The fraction of sp³-hybridized carbons (Fsp3) is 0.600. The molecule has 0 radical (unpaired) electrons. The van der Waals surface area contributed by atoms with Crippen molar-refractivity contribution in [2.45, 2.75) is 32.1 Å². The van der Waals surface area contributed by atoms with Crippen molar-refractivity contribution in [2.75, 3.05) is 39.0 Å². The lowest BCUT2D eigenvalue weighted by atomic mass is 10.1. The van der Waals surface area contributed by atoms with E-state index in [9.17, 15) is 8.42 Å². The zero-order chi connectivity index (χ0) is 15.8. The second-order valence-corrected chi connectivity index (χ2v) is 7.80. The Morgan fingerprint density at radius 3 is 2.38 bits per heavy atom. The number of nitrogen functional groups attached to an aromatic ring is 1. The molecule has 0 aromatic heterocycles. The van der Waals surface area contributed by atoms with E-state index in [1.165, 1.54) is 0 Å². The molecule has 0 aliphatic carbocycles. The zero-order valence-electron chi connectivity index (χ0n) is 13.3. The van der Waals surface area contributed by atoms with E-state index < -0.39 is 10.0 Å². The summed E-state index contributed by atoms with van der Waals surface area (Å²) in [6.45, 7) is 8.35. The first-order valence-corrected chi connectivity index (χ1v) is 8.74. The van der Waals surface area contributed by atoms with Gasteiger partial charge in [-0.1, -0.05) is 0 Å². The lowest BCUT2D eigenvalue weighted by molar-refractivity contribution is 0.347. The quantitative estimate of drug-likeness (QED) is 0.841. The van der Waals surface area contributed by atoms with Crippen LogP contribution in [0.25, 0.3) is 0 Å². The third kappa shape index (κ3) is 3.07. The monoisotopic (exact) mass is 311 g/mol. The smallest absolute Gasteiger partial charge is 0.243 e. The highest BCUT2D eigenvalue weighted by molar-refractivity contribution is 7.89. The predicted molar refractivity (Wildman–Crippen MR) is 85.9 cm³/mol. The summed E-state index contributed by atoms with van der Waals surface area (Å²) in [7, 11) is -1.46. The van der Waals surface area contributed by atoms with Gasteiger partial charge in [0.05, 0.1) is 4.90 Å². The fourth-order valence-electron chi connectivity index (χ4n) is 2.82. The molecule has 2 rings (SSSR count). The third-order valence-electron chi connectivity index (χ3n) is 4.35. The van der Waals surface area contributed by atoms with E-state index in [0.717, 1.165) is 30.6 Å². The molecule has 1 aliphatic rings. The summed E-state index contributed by atoms with van der Waals surface area (Å²) < 4.78 is 27.7. The van der Waals surface area contributed by atoms with Gasteiger partial charge in [-0.25, -0.2) is 8.42 Å². The van der Waals surface area contributed by atoms with Crippen molar-refractivity contribution in [3.8, 4) is 0 Å². The molecular weight excluding hydrogens is 286 g/mol. The molecule has 118 valence electrons. The normalized spacial score (nSPS) is 18.7. The van der Waals surface area contributed by atoms with Crippen LogP contribution in [0.1, 0.15) is 23.1 Å². The number of benzene rings is 1.